The van der Waals surface area contributed by atoms with E-state index in [4.69, 9.17) is 0 Å². The lowest BCUT2D eigenvalue weighted by Crippen LogP contribution is -2.36. The molecule has 29 heavy (non-hydrogen) atoms. The smallest absolute Gasteiger partial charge is 0.317 e. The highest BCUT2D eigenvalue weighted by Gasteiger charge is 2.30. The largest absolute Gasteiger partial charge is 0.322 e. The molecule has 4 rings (SSSR count). The number of rotatable bonds is 4. The number of urea groups is 1. The Hall–Kier alpha value is -3.41. The zero-order chi connectivity index (χ0) is 20.2. The fourth-order valence-corrected chi connectivity index (χ4v) is 3.76. The van der Waals surface area contributed by atoms with Gasteiger partial charge in [0.05, 0.1) is 12.6 Å². The third-order valence-corrected chi connectivity index (χ3v) is 5.23. The minimum atomic E-state index is -0.314. The number of halogens is 1. The van der Waals surface area contributed by atoms with E-state index in [1.165, 1.54) is 12.1 Å². The second-order valence-electron chi connectivity index (χ2n) is 7.17. The molecule has 2 aromatic carbocycles. The van der Waals surface area contributed by atoms with E-state index in [-0.39, 0.29) is 29.1 Å². The molecule has 0 radical (unpaired) electrons. The van der Waals surface area contributed by atoms with E-state index in [1.807, 2.05) is 30.3 Å². The fraction of sp³-hybridized carbons (Fsp3) is 0.217. The average Bonchev–Trinajstić information content (AvgIpc) is 3.22. The van der Waals surface area contributed by atoms with E-state index in [0.717, 1.165) is 24.0 Å². The minimum Gasteiger partial charge on any atom is -0.317 e. The van der Waals surface area contributed by atoms with Crippen LogP contribution in [0.1, 0.15) is 30.0 Å². The number of nitrogens with zero attached hydrogens (tertiary/aromatic N) is 2. The maximum atomic E-state index is 13.2. The number of benzene rings is 2. The highest BCUT2D eigenvalue weighted by Crippen LogP contribution is 2.32. The molecule has 1 aliphatic rings. The van der Waals surface area contributed by atoms with E-state index < -0.39 is 0 Å². The Labute approximate surface area is 168 Å². The first-order valence-electron chi connectivity index (χ1n) is 9.68. The quantitative estimate of drug-likeness (QED) is 0.717. The van der Waals surface area contributed by atoms with Gasteiger partial charge < -0.3 is 14.8 Å². The molecule has 1 unspecified atom stereocenters. The van der Waals surface area contributed by atoms with Crippen LogP contribution in [0.5, 0.6) is 0 Å². The summed E-state index contributed by atoms with van der Waals surface area (Å²) in [5, 5.41) is 2.77. The third kappa shape index (κ3) is 4.21. The second-order valence-corrected chi connectivity index (χ2v) is 7.17. The second kappa shape index (κ2) is 8.31. The molecular formula is C23H22FN3O2. The van der Waals surface area contributed by atoms with Crippen molar-refractivity contribution in [2.75, 3.05) is 11.9 Å². The van der Waals surface area contributed by atoms with Gasteiger partial charge in [0, 0.05) is 12.7 Å². The first-order valence-corrected chi connectivity index (χ1v) is 9.68. The van der Waals surface area contributed by atoms with Crippen molar-refractivity contribution in [2.24, 2.45) is 0 Å². The van der Waals surface area contributed by atoms with Crippen LogP contribution in [0.15, 0.2) is 77.7 Å². The van der Waals surface area contributed by atoms with E-state index in [9.17, 15) is 14.0 Å². The summed E-state index contributed by atoms with van der Waals surface area (Å²) in [7, 11) is 0. The monoisotopic (exact) mass is 391 g/mol. The van der Waals surface area contributed by atoms with Crippen LogP contribution in [0.2, 0.25) is 0 Å². The van der Waals surface area contributed by atoms with Crippen molar-refractivity contribution in [2.45, 2.75) is 25.4 Å². The first-order chi connectivity index (χ1) is 14.1. The molecule has 1 saturated heterocycles. The van der Waals surface area contributed by atoms with Crippen LogP contribution in [0.3, 0.4) is 0 Å². The molecule has 0 bridgehead atoms. The van der Waals surface area contributed by atoms with Gasteiger partial charge in [-0.3, -0.25) is 4.79 Å². The number of carbonyl (C=O) groups is 1. The van der Waals surface area contributed by atoms with Gasteiger partial charge in [0.15, 0.2) is 0 Å². The summed E-state index contributed by atoms with van der Waals surface area (Å²) in [6.45, 7) is 1.03. The number of anilines is 1. The van der Waals surface area contributed by atoms with Gasteiger partial charge in [-0.15, -0.1) is 0 Å². The molecular weight excluding hydrogens is 369 g/mol. The highest BCUT2D eigenvalue weighted by atomic mass is 19.1. The summed E-state index contributed by atoms with van der Waals surface area (Å²) >= 11 is 0. The molecule has 1 atom stereocenters. The number of hydrogen-bond acceptors (Lipinski definition) is 2. The number of aromatic nitrogens is 1. The summed E-state index contributed by atoms with van der Waals surface area (Å²) in [5.41, 5.74) is 1.91. The van der Waals surface area contributed by atoms with Gasteiger partial charge in [0.1, 0.15) is 11.5 Å². The Morgan fingerprint density at radius 3 is 2.55 bits per heavy atom. The van der Waals surface area contributed by atoms with Crippen molar-refractivity contribution < 1.29 is 9.18 Å². The van der Waals surface area contributed by atoms with Crippen molar-refractivity contribution in [3.8, 4) is 0 Å². The first kappa shape index (κ1) is 18.9. The molecule has 1 aromatic heterocycles. The minimum absolute atomic E-state index is 0.120. The normalized spacial score (nSPS) is 16.0. The number of likely N-dealkylation sites (tertiary alicyclic amines) is 1. The molecule has 3 aromatic rings. The Morgan fingerprint density at radius 2 is 1.79 bits per heavy atom. The number of carbonyl (C=O) groups excluding carboxylic acids is 1. The molecule has 6 heteroatoms. The molecule has 1 N–H and O–H groups in total. The lowest BCUT2D eigenvalue weighted by molar-refractivity contribution is 0.207. The van der Waals surface area contributed by atoms with E-state index in [0.29, 0.717) is 13.1 Å². The van der Waals surface area contributed by atoms with Gasteiger partial charge in [0.25, 0.3) is 5.56 Å². The summed E-state index contributed by atoms with van der Waals surface area (Å²) in [6.07, 6.45) is 3.39. The number of nitrogens with one attached hydrogen (secondary N) is 1. The van der Waals surface area contributed by atoms with Crippen molar-refractivity contribution in [3.63, 3.8) is 0 Å². The molecule has 2 amide bonds. The van der Waals surface area contributed by atoms with Gasteiger partial charge >= 0.3 is 6.03 Å². The number of amides is 2. The predicted molar refractivity (Wildman–Crippen MR) is 110 cm³/mol. The summed E-state index contributed by atoms with van der Waals surface area (Å²) < 4.78 is 14.8. The molecule has 2 heterocycles. The Balaban J connectivity index is 1.51. The maximum absolute atomic E-state index is 13.2. The molecule has 148 valence electrons. The van der Waals surface area contributed by atoms with Crippen LogP contribution in [0, 0.1) is 5.82 Å². The molecule has 1 fully saturated rings. The van der Waals surface area contributed by atoms with E-state index >= 15 is 0 Å². The molecule has 5 nitrogen and oxygen atoms in total. The fourth-order valence-electron chi connectivity index (χ4n) is 3.76. The van der Waals surface area contributed by atoms with Gasteiger partial charge in [-0.25, -0.2) is 9.18 Å². The van der Waals surface area contributed by atoms with Crippen LogP contribution in [0.25, 0.3) is 0 Å². The summed E-state index contributed by atoms with van der Waals surface area (Å²) in [6, 6.07) is 18.8. The predicted octanol–water partition coefficient (Wildman–Crippen LogP) is 4.40. The van der Waals surface area contributed by atoms with Crippen LogP contribution in [-0.2, 0) is 6.54 Å². The lowest BCUT2D eigenvalue weighted by Gasteiger charge is -2.25. The zero-order valence-corrected chi connectivity index (χ0v) is 15.9. The Kier molecular flexibility index (Phi) is 5.42. The summed E-state index contributed by atoms with van der Waals surface area (Å²) in [4.78, 5) is 27.4. The van der Waals surface area contributed by atoms with Crippen LogP contribution in [-0.4, -0.2) is 22.0 Å². The maximum Gasteiger partial charge on any atom is 0.322 e. The molecule has 0 spiro atoms. The Morgan fingerprint density at radius 1 is 1.03 bits per heavy atom. The van der Waals surface area contributed by atoms with Gasteiger partial charge in [0.2, 0.25) is 0 Å². The van der Waals surface area contributed by atoms with Crippen molar-refractivity contribution in [3.05, 3.63) is 100 Å². The van der Waals surface area contributed by atoms with E-state index in [2.05, 4.69) is 5.32 Å². The highest BCUT2D eigenvalue weighted by molar-refractivity contribution is 5.89. The lowest BCUT2D eigenvalue weighted by atomic mass is 10.0. The molecule has 1 aliphatic heterocycles. The van der Waals surface area contributed by atoms with Crippen LogP contribution in [0.4, 0.5) is 14.9 Å². The number of hydrogen-bond donors (Lipinski definition) is 1. The van der Waals surface area contributed by atoms with Crippen LogP contribution >= 0.6 is 0 Å². The van der Waals surface area contributed by atoms with Gasteiger partial charge in [-0.2, -0.15) is 0 Å². The number of pyridine rings is 1. The van der Waals surface area contributed by atoms with Crippen molar-refractivity contribution in [1.82, 2.24) is 9.47 Å². The average molecular weight is 391 g/mol. The third-order valence-electron chi connectivity index (χ3n) is 5.23. The van der Waals surface area contributed by atoms with E-state index in [1.54, 1.807) is 39.9 Å². The zero-order valence-electron chi connectivity index (χ0n) is 15.9. The van der Waals surface area contributed by atoms with Gasteiger partial charge in [-0.1, -0.05) is 42.5 Å². The summed E-state index contributed by atoms with van der Waals surface area (Å²) in [5.74, 6) is -0.300. The van der Waals surface area contributed by atoms with Crippen molar-refractivity contribution in [1.29, 1.82) is 0 Å². The molecule has 0 aliphatic carbocycles. The Bertz CT molecular complexity index is 1050. The SMILES string of the molecule is O=C(Nc1cccn(Cc2ccccc2)c1=O)N1CCCC1c1ccc(F)cc1. The van der Waals surface area contributed by atoms with Gasteiger partial charge in [-0.05, 0) is 48.2 Å². The molecule has 0 saturated carbocycles. The van der Waals surface area contributed by atoms with Crippen molar-refractivity contribution >= 4 is 11.7 Å². The standard InChI is InChI=1S/C23H22FN3O2/c24-19-12-10-18(11-13-19)21-9-5-15-27(21)23(29)25-20-8-4-14-26(22(20)28)16-17-6-2-1-3-7-17/h1-4,6-8,10-14,21H,5,9,15-16H2,(H,25,29). The van der Waals surface area contributed by atoms with Crippen LogP contribution < -0.4 is 10.9 Å². The topological polar surface area (TPSA) is 54.3 Å².